The lowest BCUT2D eigenvalue weighted by Crippen LogP contribution is -2.17. The molecule has 0 aliphatic rings. The third-order valence-electron chi connectivity index (χ3n) is 3.73. The Balaban J connectivity index is 2.08. The first-order valence-corrected chi connectivity index (χ1v) is 7.50. The molecule has 0 heterocycles. The smallest absolute Gasteiger partial charge is 0.0455 e. The Morgan fingerprint density at radius 3 is 2.35 bits per heavy atom. The van der Waals surface area contributed by atoms with Gasteiger partial charge in [-0.2, -0.15) is 0 Å². The number of hydrogen-bond donors (Lipinski definition) is 1. The molecule has 0 saturated heterocycles. The summed E-state index contributed by atoms with van der Waals surface area (Å²) in [6.45, 7) is 7.47. The van der Waals surface area contributed by atoms with Crippen LogP contribution in [-0.2, 0) is 0 Å². The van der Waals surface area contributed by atoms with Crippen molar-refractivity contribution in [1.82, 2.24) is 0 Å². The lowest BCUT2D eigenvalue weighted by Gasteiger charge is -2.22. The largest absolute Gasteiger partial charge is 0.384 e. The van der Waals surface area contributed by atoms with Gasteiger partial charge < -0.3 is 5.32 Å². The third-order valence-corrected chi connectivity index (χ3v) is 4.14. The van der Waals surface area contributed by atoms with Gasteiger partial charge in [-0.05, 0) is 36.1 Å². The highest BCUT2D eigenvalue weighted by Gasteiger charge is 2.15. The molecule has 1 N–H and O–H groups in total. The van der Waals surface area contributed by atoms with E-state index < -0.39 is 0 Å². The molecule has 0 saturated carbocycles. The summed E-state index contributed by atoms with van der Waals surface area (Å²) in [7, 11) is 0. The van der Waals surface area contributed by atoms with Crippen molar-refractivity contribution in [1.29, 1.82) is 0 Å². The van der Waals surface area contributed by atoms with Crippen LogP contribution < -0.4 is 5.32 Å². The van der Waals surface area contributed by atoms with Gasteiger partial charge in [0.1, 0.15) is 0 Å². The second-order valence-corrected chi connectivity index (χ2v) is 6.01. The van der Waals surface area contributed by atoms with Gasteiger partial charge in [-0.3, -0.25) is 0 Å². The SMILES string of the molecule is Cc1ccc(NCC(c2ccccc2)C(C)C)cc1Cl. The molecule has 0 aromatic heterocycles. The zero-order chi connectivity index (χ0) is 14.5. The fourth-order valence-corrected chi connectivity index (χ4v) is 2.55. The Hall–Kier alpha value is -1.47. The molecule has 0 amide bonds. The summed E-state index contributed by atoms with van der Waals surface area (Å²) in [6.07, 6.45) is 0. The lowest BCUT2D eigenvalue weighted by atomic mass is 9.88. The number of hydrogen-bond acceptors (Lipinski definition) is 1. The molecule has 2 heteroatoms. The highest BCUT2D eigenvalue weighted by atomic mass is 35.5. The maximum Gasteiger partial charge on any atom is 0.0455 e. The Labute approximate surface area is 127 Å². The fourth-order valence-electron chi connectivity index (χ4n) is 2.37. The minimum atomic E-state index is 0.497. The van der Waals surface area contributed by atoms with Crippen LogP contribution in [0.5, 0.6) is 0 Å². The first-order valence-electron chi connectivity index (χ1n) is 7.13. The van der Waals surface area contributed by atoms with Crippen molar-refractivity contribution in [2.45, 2.75) is 26.7 Å². The van der Waals surface area contributed by atoms with Gasteiger partial charge in [-0.25, -0.2) is 0 Å². The molecule has 2 rings (SSSR count). The van der Waals surface area contributed by atoms with E-state index in [1.165, 1.54) is 5.56 Å². The van der Waals surface area contributed by atoms with Crippen molar-refractivity contribution in [2.24, 2.45) is 5.92 Å². The Morgan fingerprint density at radius 1 is 1.05 bits per heavy atom. The molecule has 0 radical (unpaired) electrons. The van der Waals surface area contributed by atoms with Crippen molar-refractivity contribution in [3.63, 3.8) is 0 Å². The maximum atomic E-state index is 6.17. The van der Waals surface area contributed by atoms with Gasteiger partial charge >= 0.3 is 0 Å². The summed E-state index contributed by atoms with van der Waals surface area (Å²) in [5, 5.41) is 4.32. The van der Waals surface area contributed by atoms with Gasteiger partial charge in [-0.1, -0.05) is 61.8 Å². The van der Waals surface area contributed by atoms with Crippen LogP contribution in [0.15, 0.2) is 48.5 Å². The van der Waals surface area contributed by atoms with E-state index in [-0.39, 0.29) is 0 Å². The molecule has 2 aromatic rings. The molecular weight excluding hydrogens is 266 g/mol. The predicted molar refractivity (Wildman–Crippen MR) is 88.7 cm³/mol. The summed E-state index contributed by atoms with van der Waals surface area (Å²) in [6, 6.07) is 16.8. The fraction of sp³-hybridized carbons (Fsp3) is 0.333. The maximum absolute atomic E-state index is 6.17. The summed E-state index contributed by atoms with van der Waals surface area (Å²) in [4.78, 5) is 0. The zero-order valence-electron chi connectivity index (χ0n) is 12.4. The second-order valence-electron chi connectivity index (χ2n) is 5.61. The van der Waals surface area contributed by atoms with Crippen LogP contribution in [0.25, 0.3) is 0 Å². The zero-order valence-corrected chi connectivity index (χ0v) is 13.1. The Bertz CT molecular complexity index is 549. The third kappa shape index (κ3) is 3.77. The van der Waals surface area contributed by atoms with Crippen molar-refractivity contribution in [3.8, 4) is 0 Å². The summed E-state index contributed by atoms with van der Waals surface area (Å²) >= 11 is 6.17. The van der Waals surface area contributed by atoms with Gasteiger partial charge in [0.05, 0.1) is 0 Å². The van der Waals surface area contributed by atoms with Crippen LogP contribution in [0.2, 0.25) is 5.02 Å². The van der Waals surface area contributed by atoms with Crippen LogP contribution >= 0.6 is 11.6 Å². The molecule has 1 nitrogen and oxygen atoms in total. The van der Waals surface area contributed by atoms with Gasteiger partial charge in [0.25, 0.3) is 0 Å². The predicted octanol–water partition coefficient (Wildman–Crippen LogP) is 5.50. The van der Waals surface area contributed by atoms with E-state index in [2.05, 4.69) is 61.6 Å². The van der Waals surface area contributed by atoms with Gasteiger partial charge in [0.2, 0.25) is 0 Å². The van der Waals surface area contributed by atoms with E-state index in [0.29, 0.717) is 11.8 Å². The van der Waals surface area contributed by atoms with E-state index in [1.54, 1.807) is 0 Å². The number of rotatable bonds is 5. The first kappa shape index (κ1) is 14.9. The standard InChI is InChI=1S/C18H22ClN/c1-13(2)17(15-7-5-4-6-8-15)12-20-16-10-9-14(3)18(19)11-16/h4-11,13,17,20H,12H2,1-3H3. The van der Waals surface area contributed by atoms with Crippen molar-refractivity contribution >= 4 is 17.3 Å². The first-order chi connectivity index (χ1) is 9.58. The minimum absolute atomic E-state index is 0.497. The molecule has 0 spiro atoms. The van der Waals surface area contributed by atoms with E-state index in [9.17, 15) is 0 Å². The molecule has 0 bridgehead atoms. The van der Waals surface area contributed by atoms with Crippen LogP contribution in [0.1, 0.15) is 30.9 Å². The quantitative estimate of drug-likeness (QED) is 0.765. The number of aryl methyl sites for hydroxylation is 1. The van der Waals surface area contributed by atoms with E-state index in [4.69, 9.17) is 11.6 Å². The average Bonchev–Trinajstić information content (AvgIpc) is 2.44. The number of halogens is 1. The molecular formula is C18H22ClN. The molecule has 0 aliphatic carbocycles. The average molecular weight is 288 g/mol. The lowest BCUT2D eigenvalue weighted by molar-refractivity contribution is 0.517. The Morgan fingerprint density at radius 2 is 1.75 bits per heavy atom. The second kappa shape index (κ2) is 6.81. The molecule has 0 aliphatic heterocycles. The van der Waals surface area contributed by atoms with E-state index in [0.717, 1.165) is 22.8 Å². The number of anilines is 1. The monoisotopic (exact) mass is 287 g/mol. The summed E-state index contributed by atoms with van der Waals surface area (Å²) < 4.78 is 0. The van der Waals surface area contributed by atoms with Crippen LogP contribution in [-0.4, -0.2) is 6.54 Å². The highest BCUT2D eigenvalue weighted by Crippen LogP contribution is 2.26. The van der Waals surface area contributed by atoms with E-state index in [1.807, 2.05) is 13.0 Å². The van der Waals surface area contributed by atoms with E-state index >= 15 is 0 Å². The van der Waals surface area contributed by atoms with Crippen molar-refractivity contribution in [3.05, 3.63) is 64.7 Å². The van der Waals surface area contributed by atoms with Crippen molar-refractivity contribution in [2.75, 3.05) is 11.9 Å². The van der Waals surface area contributed by atoms with Gasteiger partial charge in [0.15, 0.2) is 0 Å². The normalized spacial score (nSPS) is 12.4. The molecule has 1 atom stereocenters. The summed E-state index contributed by atoms with van der Waals surface area (Å²) in [5.74, 6) is 1.09. The van der Waals surface area contributed by atoms with Gasteiger partial charge in [-0.15, -0.1) is 0 Å². The number of benzene rings is 2. The molecule has 20 heavy (non-hydrogen) atoms. The molecule has 2 aromatic carbocycles. The highest BCUT2D eigenvalue weighted by molar-refractivity contribution is 6.31. The van der Waals surface area contributed by atoms with Crippen LogP contribution in [0, 0.1) is 12.8 Å². The molecule has 1 unspecified atom stereocenters. The summed E-state index contributed by atoms with van der Waals surface area (Å²) in [5.41, 5.74) is 3.58. The van der Waals surface area contributed by atoms with Crippen LogP contribution in [0.3, 0.4) is 0 Å². The van der Waals surface area contributed by atoms with Gasteiger partial charge in [0, 0.05) is 23.2 Å². The van der Waals surface area contributed by atoms with Crippen molar-refractivity contribution < 1.29 is 0 Å². The Kier molecular flexibility index (Phi) is 5.08. The molecule has 0 fully saturated rings. The van der Waals surface area contributed by atoms with Crippen LogP contribution in [0.4, 0.5) is 5.69 Å². The topological polar surface area (TPSA) is 12.0 Å². The molecule has 106 valence electrons. The number of nitrogens with one attached hydrogen (secondary N) is 1. The minimum Gasteiger partial charge on any atom is -0.384 e.